The smallest absolute Gasteiger partial charge is 0.307 e. The summed E-state index contributed by atoms with van der Waals surface area (Å²) in [5, 5.41) is 11.4. The van der Waals surface area contributed by atoms with Gasteiger partial charge in [0.05, 0.1) is 11.8 Å². The van der Waals surface area contributed by atoms with Gasteiger partial charge >= 0.3 is 5.97 Å². The molecule has 0 bridgehead atoms. The molecule has 1 aliphatic carbocycles. The number of imide groups is 1. The second kappa shape index (κ2) is 5.60. The zero-order chi connectivity index (χ0) is 14.9. The molecule has 0 aromatic carbocycles. The lowest BCUT2D eigenvalue weighted by Crippen LogP contribution is -2.60. The van der Waals surface area contributed by atoms with E-state index in [1.54, 1.807) is 0 Å². The molecule has 0 aromatic heterocycles. The van der Waals surface area contributed by atoms with Crippen LogP contribution in [-0.2, 0) is 19.2 Å². The molecule has 1 heterocycles. The van der Waals surface area contributed by atoms with Gasteiger partial charge in [0.15, 0.2) is 0 Å². The van der Waals surface area contributed by atoms with Crippen LogP contribution in [-0.4, -0.2) is 46.3 Å². The molecule has 1 aliphatic heterocycles. The van der Waals surface area contributed by atoms with Crippen LogP contribution in [0.15, 0.2) is 0 Å². The Morgan fingerprint density at radius 3 is 2.40 bits per heavy atom. The van der Waals surface area contributed by atoms with E-state index >= 15 is 0 Å². The molecule has 2 fully saturated rings. The first-order valence-corrected chi connectivity index (χ1v) is 6.78. The van der Waals surface area contributed by atoms with Gasteiger partial charge in [-0.15, -0.1) is 0 Å². The van der Waals surface area contributed by atoms with Gasteiger partial charge in [-0.3, -0.25) is 24.5 Å². The Morgan fingerprint density at radius 1 is 1.20 bits per heavy atom. The number of amides is 3. The van der Waals surface area contributed by atoms with Gasteiger partial charge in [-0.25, -0.2) is 0 Å². The number of carboxylic acid groups (broad SMARTS) is 1. The highest BCUT2D eigenvalue weighted by Crippen LogP contribution is 2.32. The molecule has 0 radical (unpaired) electrons. The number of nitrogens with zero attached hydrogens (tertiary/aromatic N) is 1. The van der Waals surface area contributed by atoms with Crippen molar-refractivity contribution >= 4 is 23.7 Å². The second-order valence-electron chi connectivity index (χ2n) is 5.39. The molecular formula is C13H18N2O5. The van der Waals surface area contributed by atoms with Crippen LogP contribution in [0.3, 0.4) is 0 Å². The number of aliphatic carboxylic acids is 1. The lowest BCUT2D eigenvalue weighted by atomic mass is 9.78. The Labute approximate surface area is 116 Å². The summed E-state index contributed by atoms with van der Waals surface area (Å²) in [6.45, 7) is 1.35. The standard InChI is InChI=1S/C13H18N2O5/c1-7-11(17)14-10(16)6-15(7)12(18)8-4-2-3-5-9(8)13(19)20/h7-9H,2-6H2,1H3,(H,19,20)(H,14,16,17)/t7?,8-,9+/m1/s1. The first-order chi connectivity index (χ1) is 9.41. The van der Waals surface area contributed by atoms with Crippen molar-refractivity contribution in [1.82, 2.24) is 10.2 Å². The number of rotatable bonds is 2. The second-order valence-corrected chi connectivity index (χ2v) is 5.39. The van der Waals surface area contributed by atoms with Crippen LogP contribution < -0.4 is 5.32 Å². The summed E-state index contributed by atoms with van der Waals surface area (Å²) in [5.41, 5.74) is 0. The monoisotopic (exact) mass is 282 g/mol. The van der Waals surface area contributed by atoms with Crippen molar-refractivity contribution in [3.8, 4) is 0 Å². The third-order valence-electron chi connectivity index (χ3n) is 4.11. The van der Waals surface area contributed by atoms with E-state index in [0.29, 0.717) is 12.8 Å². The molecule has 2 rings (SSSR count). The molecule has 0 aromatic rings. The number of carbonyl (C=O) groups excluding carboxylic acids is 3. The number of piperazine rings is 1. The summed E-state index contributed by atoms with van der Waals surface area (Å²) < 4.78 is 0. The van der Waals surface area contributed by atoms with Crippen molar-refractivity contribution in [1.29, 1.82) is 0 Å². The van der Waals surface area contributed by atoms with Crippen molar-refractivity contribution in [2.45, 2.75) is 38.6 Å². The first-order valence-electron chi connectivity index (χ1n) is 6.78. The molecule has 0 spiro atoms. The zero-order valence-corrected chi connectivity index (χ0v) is 11.3. The molecule has 7 heteroatoms. The molecule has 7 nitrogen and oxygen atoms in total. The highest BCUT2D eigenvalue weighted by molar-refractivity contribution is 6.04. The van der Waals surface area contributed by atoms with Crippen LogP contribution in [0.2, 0.25) is 0 Å². The summed E-state index contributed by atoms with van der Waals surface area (Å²) in [7, 11) is 0. The minimum atomic E-state index is -0.983. The van der Waals surface area contributed by atoms with E-state index in [4.69, 9.17) is 0 Å². The van der Waals surface area contributed by atoms with Crippen LogP contribution >= 0.6 is 0 Å². The van der Waals surface area contributed by atoms with E-state index in [1.165, 1.54) is 11.8 Å². The largest absolute Gasteiger partial charge is 0.481 e. The molecule has 110 valence electrons. The van der Waals surface area contributed by atoms with Crippen molar-refractivity contribution < 1.29 is 24.3 Å². The first kappa shape index (κ1) is 14.5. The number of carboxylic acids is 1. The summed E-state index contributed by atoms with van der Waals surface area (Å²) in [4.78, 5) is 47.9. The number of nitrogens with one attached hydrogen (secondary N) is 1. The molecule has 20 heavy (non-hydrogen) atoms. The van der Waals surface area contributed by atoms with Gasteiger partial charge < -0.3 is 10.0 Å². The van der Waals surface area contributed by atoms with E-state index in [1.807, 2.05) is 0 Å². The summed E-state index contributed by atoms with van der Waals surface area (Å²) >= 11 is 0. The summed E-state index contributed by atoms with van der Waals surface area (Å²) in [6.07, 6.45) is 2.54. The maximum absolute atomic E-state index is 12.5. The molecule has 2 N–H and O–H groups in total. The average molecular weight is 282 g/mol. The average Bonchev–Trinajstić information content (AvgIpc) is 2.42. The molecule has 3 amide bonds. The molecule has 1 saturated carbocycles. The number of hydrogen-bond acceptors (Lipinski definition) is 4. The van der Waals surface area contributed by atoms with Gasteiger partial charge in [-0.05, 0) is 19.8 Å². The highest BCUT2D eigenvalue weighted by atomic mass is 16.4. The maximum atomic E-state index is 12.5. The van der Waals surface area contributed by atoms with E-state index < -0.39 is 41.6 Å². The molecular weight excluding hydrogens is 264 g/mol. The normalized spacial score (nSPS) is 30.9. The topological polar surface area (TPSA) is 104 Å². The fourth-order valence-corrected chi connectivity index (χ4v) is 2.92. The highest BCUT2D eigenvalue weighted by Gasteiger charge is 2.42. The van der Waals surface area contributed by atoms with E-state index in [-0.39, 0.29) is 6.54 Å². The van der Waals surface area contributed by atoms with Crippen molar-refractivity contribution in [3.05, 3.63) is 0 Å². The fourth-order valence-electron chi connectivity index (χ4n) is 2.92. The quantitative estimate of drug-likeness (QED) is 0.680. The predicted molar refractivity (Wildman–Crippen MR) is 67.4 cm³/mol. The van der Waals surface area contributed by atoms with Crippen molar-refractivity contribution in [2.75, 3.05) is 6.54 Å². The Bertz CT molecular complexity index is 462. The van der Waals surface area contributed by atoms with Crippen molar-refractivity contribution in [2.24, 2.45) is 11.8 Å². The summed E-state index contributed by atoms with van der Waals surface area (Å²) in [5.74, 6) is -3.77. The Hall–Kier alpha value is -1.92. The van der Waals surface area contributed by atoms with Gasteiger partial charge in [-0.2, -0.15) is 0 Å². The number of hydrogen-bond donors (Lipinski definition) is 2. The van der Waals surface area contributed by atoms with E-state index in [9.17, 15) is 24.3 Å². The summed E-state index contributed by atoms with van der Waals surface area (Å²) in [6, 6.07) is -0.739. The molecule has 2 aliphatic rings. The molecule has 3 atom stereocenters. The Morgan fingerprint density at radius 2 is 1.80 bits per heavy atom. The Kier molecular flexibility index (Phi) is 4.06. The van der Waals surface area contributed by atoms with Gasteiger partial charge in [0.2, 0.25) is 17.7 Å². The van der Waals surface area contributed by atoms with E-state index in [2.05, 4.69) is 5.32 Å². The lowest BCUT2D eigenvalue weighted by Gasteiger charge is -2.37. The third-order valence-corrected chi connectivity index (χ3v) is 4.11. The van der Waals surface area contributed by atoms with Gasteiger partial charge in [0, 0.05) is 0 Å². The number of carbonyl (C=O) groups is 4. The van der Waals surface area contributed by atoms with E-state index in [0.717, 1.165) is 12.8 Å². The van der Waals surface area contributed by atoms with Crippen LogP contribution in [0.5, 0.6) is 0 Å². The van der Waals surface area contributed by atoms with Crippen LogP contribution in [0.1, 0.15) is 32.6 Å². The van der Waals surface area contributed by atoms with Gasteiger partial charge in [0.25, 0.3) is 0 Å². The van der Waals surface area contributed by atoms with Crippen LogP contribution in [0.25, 0.3) is 0 Å². The van der Waals surface area contributed by atoms with Crippen LogP contribution in [0.4, 0.5) is 0 Å². The minimum absolute atomic E-state index is 0.186. The Balaban J connectivity index is 2.18. The minimum Gasteiger partial charge on any atom is -0.481 e. The molecule has 1 saturated heterocycles. The maximum Gasteiger partial charge on any atom is 0.307 e. The SMILES string of the molecule is CC1C(=O)NC(=O)CN1C(=O)[C@@H]1CCCC[C@@H]1C(=O)O. The third kappa shape index (κ3) is 2.66. The fraction of sp³-hybridized carbons (Fsp3) is 0.692. The predicted octanol–water partition coefficient (Wildman–Crippen LogP) is -0.249. The van der Waals surface area contributed by atoms with Gasteiger partial charge in [0.1, 0.15) is 12.6 Å². The van der Waals surface area contributed by atoms with Crippen molar-refractivity contribution in [3.63, 3.8) is 0 Å². The molecule has 1 unspecified atom stereocenters. The zero-order valence-electron chi connectivity index (χ0n) is 11.3. The van der Waals surface area contributed by atoms with Gasteiger partial charge in [-0.1, -0.05) is 12.8 Å². The van der Waals surface area contributed by atoms with Crippen LogP contribution in [0, 0.1) is 11.8 Å². The lowest BCUT2D eigenvalue weighted by molar-refractivity contribution is -0.157.